The van der Waals surface area contributed by atoms with E-state index in [4.69, 9.17) is 0 Å². The van der Waals surface area contributed by atoms with Crippen LogP contribution in [0.25, 0.3) is 22.5 Å². The van der Waals surface area contributed by atoms with E-state index >= 15 is 0 Å². The maximum absolute atomic E-state index is 13.0. The molecule has 2 amide bonds. The average Bonchev–Trinajstić information content (AvgIpc) is 4.02. The van der Waals surface area contributed by atoms with Crippen LogP contribution < -0.4 is 31.1 Å². The van der Waals surface area contributed by atoms with Crippen LogP contribution in [0.4, 0.5) is 44.4 Å². The van der Waals surface area contributed by atoms with Crippen molar-refractivity contribution < 1.29 is 9.59 Å². The van der Waals surface area contributed by atoms with Crippen LogP contribution in [0.2, 0.25) is 0 Å². The van der Waals surface area contributed by atoms with Gasteiger partial charge in [-0.25, -0.2) is 9.97 Å². The molecule has 1 aliphatic heterocycles. The number of hydrogen-bond donors (Lipinski definition) is 4. The van der Waals surface area contributed by atoms with Gasteiger partial charge in [0.1, 0.15) is 0 Å². The van der Waals surface area contributed by atoms with Crippen molar-refractivity contribution in [1.29, 1.82) is 0 Å². The van der Waals surface area contributed by atoms with Crippen molar-refractivity contribution >= 4 is 78.9 Å². The fourth-order valence-electron chi connectivity index (χ4n) is 7.10. The number of piperazine rings is 1. The number of thiazole rings is 2. The van der Waals surface area contributed by atoms with E-state index in [1.165, 1.54) is 22.7 Å². The second kappa shape index (κ2) is 21.0. The molecule has 0 aliphatic carbocycles. The fraction of sp³-hybridized carbons (Fsp3) is 0.176. The molecule has 0 unspecified atom stereocenters. The zero-order valence-corrected chi connectivity index (χ0v) is 39.1. The molecule has 1 aliphatic rings. The number of nitrogens with zero attached hydrogens (tertiary/aromatic N) is 7. The van der Waals surface area contributed by atoms with E-state index in [2.05, 4.69) is 64.1 Å². The van der Waals surface area contributed by atoms with Crippen LogP contribution in [-0.4, -0.2) is 84.0 Å². The van der Waals surface area contributed by atoms with Gasteiger partial charge in [-0.2, -0.15) is 0 Å². The Kier molecular flexibility index (Phi) is 14.4. The minimum absolute atomic E-state index is 0.121. The molecule has 334 valence electrons. The number of likely N-dealkylation sites (N-methyl/N-ethyl adjacent to an activating group) is 1. The quantitative estimate of drug-likeness (QED) is 0.0930. The van der Waals surface area contributed by atoms with E-state index in [0.717, 1.165) is 104 Å². The van der Waals surface area contributed by atoms with Crippen molar-refractivity contribution in [1.82, 2.24) is 24.8 Å². The summed E-state index contributed by atoms with van der Waals surface area (Å²) in [6, 6.07) is 34.8. The van der Waals surface area contributed by atoms with Gasteiger partial charge in [-0.15, -0.1) is 22.7 Å². The van der Waals surface area contributed by atoms with Gasteiger partial charge >= 0.3 is 0 Å². The Hall–Kier alpha value is -7.46. The maximum Gasteiger partial charge on any atom is 0.255 e. The van der Waals surface area contributed by atoms with E-state index in [-0.39, 0.29) is 11.8 Å². The van der Waals surface area contributed by atoms with Crippen LogP contribution in [0, 0.1) is 13.8 Å². The number of carbonyl (C=O) groups excluding carboxylic acids is 2. The molecule has 4 aromatic heterocycles. The van der Waals surface area contributed by atoms with Gasteiger partial charge in [0.2, 0.25) is 0 Å². The molecule has 0 radical (unpaired) electrons. The number of nitrogens with one attached hydrogen (secondary N) is 4. The lowest BCUT2D eigenvalue weighted by atomic mass is 10.1. The summed E-state index contributed by atoms with van der Waals surface area (Å²) in [6.45, 7) is 8.03. The zero-order valence-electron chi connectivity index (χ0n) is 37.4. The first-order valence-corrected chi connectivity index (χ1v) is 23.2. The van der Waals surface area contributed by atoms with Gasteiger partial charge in [0.25, 0.3) is 11.8 Å². The van der Waals surface area contributed by atoms with Gasteiger partial charge < -0.3 is 36.0 Å². The Morgan fingerprint density at radius 3 is 1.62 bits per heavy atom. The number of amides is 2. The van der Waals surface area contributed by atoms with Crippen LogP contribution in [0.15, 0.2) is 145 Å². The number of pyridine rings is 2. The van der Waals surface area contributed by atoms with Crippen molar-refractivity contribution in [2.24, 2.45) is 0 Å². The highest BCUT2D eigenvalue weighted by molar-refractivity contribution is 7.14. The zero-order chi connectivity index (χ0) is 46.0. The standard InChI is InChI=1S/C27H28N6OS.C24H23N5OS/c1-19-8-9-22(16-24(19)30-27-31-25(18-35-27)21-6-4-10-28-17-21)29-26(34)20-5-3-7-23(15-20)33-13-11-32(2)12-14-33;1-16-9-10-19(26-23(30)17-6-4-8-20(12-17)29(2)3)13-21(16)27-24-28-22(15-31-24)18-7-5-11-25-14-18/h3-10,15-18H,11-14H2,1-2H3,(H,29,34)(H,30,31);4-15H,1-3H3,(H,26,30)(H,27,28). The van der Waals surface area contributed by atoms with Crippen LogP contribution in [0.5, 0.6) is 0 Å². The third kappa shape index (κ3) is 11.6. The molecular formula is C51H51N11O2S2. The topological polar surface area (TPSA) is 144 Å². The van der Waals surface area contributed by atoms with Crippen LogP contribution in [0.1, 0.15) is 31.8 Å². The molecule has 66 heavy (non-hydrogen) atoms. The smallest absolute Gasteiger partial charge is 0.255 e. The van der Waals surface area contributed by atoms with Crippen molar-refractivity contribution in [2.45, 2.75) is 13.8 Å². The normalized spacial score (nSPS) is 12.4. The first-order valence-electron chi connectivity index (χ1n) is 21.5. The minimum atomic E-state index is -0.147. The molecule has 9 rings (SSSR count). The Labute approximate surface area is 393 Å². The highest BCUT2D eigenvalue weighted by Crippen LogP contribution is 2.32. The number of hydrogen-bond acceptors (Lipinski definition) is 13. The second-order valence-electron chi connectivity index (χ2n) is 16.1. The van der Waals surface area contributed by atoms with Crippen LogP contribution >= 0.6 is 22.7 Å². The Morgan fingerprint density at radius 2 is 1.12 bits per heavy atom. The minimum Gasteiger partial charge on any atom is -0.378 e. The van der Waals surface area contributed by atoms with Gasteiger partial charge in [0.05, 0.1) is 11.4 Å². The third-order valence-electron chi connectivity index (χ3n) is 11.0. The van der Waals surface area contributed by atoms with Crippen molar-refractivity contribution in [2.75, 3.05) is 78.4 Å². The third-order valence-corrected chi connectivity index (χ3v) is 12.5. The van der Waals surface area contributed by atoms with Gasteiger partial charge in [0.15, 0.2) is 10.3 Å². The van der Waals surface area contributed by atoms with Crippen molar-refractivity contribution in [3.05, 3.63) is 167 Å². The predicted molar refractivity (Wildman–Crippen MR) is 272 cm³/mol. The van der Waals surface area contributed by atoms with E-state index in [9.17, 15) is 9.59 Å². The number of benzene rings is 4. The molecular weight excluding hydrogens is 863 g/mol. The van der Waals surface area contributed by atoms with E-state index in [0.29, 0.717) is 11.1 Å². The molecule has 4 aromatic carbocycles. The molecule has 13 nitrogen and oxygen atoms in total. The number of carbonyl (C=O) groups is 2. The van der Waals surface area contributed by atoms with Gasteiger partial charge in [-0.3, -0.25) is 19.6 Å². The monoisotopic (exact) mass is 913 g/mol. The summed E-state index contributed by atoms with van der Waals surface area (Å²) >= 11 is 3.06. The summed E-state index contributed by atoms with van der Waals surface area (Å²) in [5, 5.41) is 18.4. The molecule has 4 N–H and O–H groups in total. The van der Waals surface area contributed by atoms with E-state index < -0.39 is 0 Å². The highest BCUT2D eigenvalue weighted by atomic mass is 32.1. The van der Waals surface area contributed by atoms with E-state index in [1.54, 1.807) is 24.8 Å². The Balaban J connectivity index is 0.000000181. The van der Waals surface area contributed by atoms with Crippen molar-refractivity contribution in [3.63, 3.8) is 0 Å². The molecule has 15 heteroatoms. The summed E-state index contributed by atoms with van der Waals surface area (Å²) < 4.78 is 0. The Morgan fingerprint density at radius 1 is 0.606 bits per heavy atom. The average molecular weight is 914 g/mol. The van der Waals surface area contributed by atoms with Crippen LogP contribution in [0.3, 0.4) is 0 Å². The number of aromatic nitrogens is 4. The SMILES string of the molecule is Cc1ccc(NC(=O)c2cccc(N(C)C)c2)cc1Nc1nc(-c2cccnc2)cs1.Cc1ccc(NC(=O)c2cccc(N3CCN(C)CC3)c2)cc1Nc1nc(-c2cccnc2)cs1. The number of anilines is 8. The number of aryl methyl sites for hydroxylation is 2. The Bertz CT molecular complexity index is 2910. The molecule has 0 bridgehead atoms. The fourth-order valence-corrected chi connectivity index (χ4v) is 8.56. The van der Waals surface area contributed by atoms with Gasteiger partial charge in [-0.1, -0.05) is 24.3 Å². The first-order chi connectivity index (χ1) is 32.0. The molecule has 0 atom stereocenters. The maximum atomic E-state index is 13.0. The number of rotatable bonds is 12. The van der Waals surface area contributed by atoms with Crippen LogP contribution in [-0.2, 0) is 0 Å². The highest BCUT2D eigenvalue weighted by Gasteiger charge is 2.17. The molecule has 0 spiro atoms. The predicted octanol–water partition coefficient (Wildman–Crippen LogP) is 10.8. The van der Waals surface area contributed by atoms with E-state index in [1.807, 2.05) is 147 Å². The summed E-state index contributed by atoms with van der Waals surface area (Å²) in [5.74, 6) is -0.268. The summed E-state index contributed by atoms with van der Waals surface area (Å²) in [5.41, 5.74) is 12.4. The summed E-state index contributed by atoms with van der Waals surface area (Å²) in [7, 11) is 6.04. The first kappa shape index (κ1) is 45.1. The lowest BCUT2D eigenvalue weighted by Crippen LogP contribution is -2.44. The lowest BCUT2D eigenvalue weighted by Gasteiger charge is -2.34. The lowest BCUT2D eigenvalue weighted by molar-refractivity contribution is 0.101. The molecule has 5 heterocycles. The molecule has 0 saturated carbocycles. The van der Waals surface area contributed by atoms with Crippen molar-refractivity contribution in [3.8, 4) is 22.5 Å². The summed E-state index contributed by atoms with van der Waals surface area (Å²) in [6.07, 6.45) is 7.10. The molecule has 8 aromatic rings. The van der Waals surface area contributed by atoms with Gasteiger partial charge in [-0.05, 0) is 117 Å². The largest absolute Gasteiger partial charge is 0.378 e. The molecule has 1 saturated heterocycles. The second-order valence-corrected chi connectivity index (χ2v) is 17.8. The summed E-state index contributed by atoms with van der Waals surface area (Å²) in [4.78, 5) is 50.1. The molecule has 1 fully saturated rings. The van der Waals surface area contributed by atoms with Gasteiger partial charge in [0, 0.05) is 132 Å².